The zero-order valence-corrected chi connectivity index (χ0v) is 11.8. The lowest BCUT2D eigenvalue weighted by Gasteiger charge is -2.13. The number of esters is 1. The van der Waals surface area contributed by atoms with Crippen molar-refractivity contribution in [1.29, 1.82) is 0 Å². The summed E-state index contributed by atoms with van der Waals surface area (Å²) in [5.74, 6) is -1.09. The lowest BCUT2D eigenvalue weighted by atomic mass is 10.2. The van der Waals surface area contributed by atoms with Crippen molar-refractivity contribution < 1.29 is 24.2 Å². The molecule has 0 amide bonds. The topological polar surface area (TPSA) is 111 Å². The Morgan fingerprint density at radius 3 is 2.86 bits per heavy atom. The number of methoxy groups -OCH3 is 1. The molecular formula is C13H17N3O5. The van der Waals surface area contributed by atoms with Crippen molar-refractivity contribution in [3.05, 3.63) is 17.6 Å². The van der Waals surface area contributed by atoms with Gasteiger partial charge in [0.05, 0.1) is 13.2 Å². The fraction of sp³-hybridized carbons (Fsp3) is 0.538. The van der Waals surface area contributed by atoms with Crippen LogP contribution in [-0.2, 0) is 14.3 Å². The van der Waals surface area contributed by atoms with Gasteiger partial charge in [-0.2, -0.15) is 0 Å². The van der Waals surface area contributed by atoms with E-state index in [4.69, 9.17) is 9.84 Å². The number of hydrogen-bond acceptors (Lipinski definition) is 7. The molecule has 1 saturated heterocycles. The van der Waals surface area contributed by atoms with E-state index in [9.17, 15) is 9.59 Å². The molecule has 1 aromatic heterocycles. The van der Waals surface area contributed by atoms with Crippen molar-refractivity contribution in [1.82, 2.24) is 9.97 Å². The highest BCUT2D eigenvalue weighted by Crippen LogP contribution is 2.20. The number of anilines is 1. The molecule has 2 N–H and O–H groups in total. The molecule has 0 bridgehead atoms. The van der Waals surface area contributed by atoms with E-state index in [0.717, 1.165) is 0 Å². The summed E-state index contributed by atoms with van der Waals surface area (Å²) in [5, 5.41) is 11.9. The van der Waals surface area contributed by atoms with E-state index in [0.29, 0.717) is 30.9 Å². The molecule has 21 heavy (non-hydrogen) atoms. The third-order valence-electron chi connectivity index (χ3n) is 3.12. The van der Waals surface area contributed by atoms with Crippen molar-refractivity contribution in [2.24, 2.45) is 0 Å². The second kappa shape index (κ2) is 6.49. The molecule has 0 radical (unpaired) electrons. The first-order valence-electron chi connectivity index (χ1n) is 6.55. The van der Waals surface area contributed by atoms with Gasteiger partial charge in [-0.05, 0) is 19.8 Å². The van der Waals surface area contributed by atoms with Gasteiger partial charge in [0, 0.05) is 18.3 Å². The fourth-order valence-corrected chi connectivity index (χ4v) is 2.10. The minimum Gasteiger partial charge on any atom is -0.479 e. The van der Waals surface area contributed by atoms with Crippen molar-refractivity contribution in [3.63, 3.8) is 0 Å². The molecule has 1 fully saturated rings. The maximum atomic E-state index is 11.4. The van der Waals surface area contributed by atoms with Gasteiger partial charge in [0.2, 0.25) is 5.82 Å². The minimum absolute atomic E-state index is 0.0178. The monoisotopic (exact) mass is 295 g/mol. The predicted molar refractivity (Wildman–Crippen MR) is 72.1 cm³/mol. The van der Waals surface area contributed by atoms with E-state index >= 15 is 0 Å². The Hall–Kier alpha value is -2.22. The summed E-state index contributed by atoms with van der Waals surface area (Å²) in [7, 11) is 1.26. The largest absolute Gasteiger partial charge is 0.479 e. The summed E-state index contributed by atoms with van der Waals surface area (Å²) in [6.45, 7) is 2.16. The van der Waals surface area contributed by atoms with Gasteiger partial charge in [0.1, 0.15) is 5.82 Å². The third-order valence-corrected chi connectivity index (χ3v) is 3.12. The molecule has 2 rings (SSSR count). The van der Waals surface area contributed by atoms with Crippen LogP contribution in [-0.4, -0.2) is 52.9 Å². The van der Waals surface area contributed by atoms with E-state index in [1.165, 1.54) is 7.11 Å². The summed E-state index contributed by atoms with van der Waals surface area (Å²) in [6, 6.07) is 1.69. The number of rotatable bonds is 5. The molecule has 1 aliphatic heterocycles. The first-order valence-corrected chi connectivity index (χ1v) is 6.55. The van der Waals surface area contributed by atoms with Crippen LogP contribution >= 0.6 is 0 Å². The molecule has 8 nitrogen and oxygen atoms in total. The summed E-state index contributed by atoms with van der Waals surface area (Å²) in [4.78, 5) is 30.3. The van der Waals surface area contributed by atoms with Crippen LogP contribution < -0.4 is 5.32 Å². The fourth-order valence-electron chi connectivity index (χ4n) is 2.10. The van der Waals surface area contributed by atoms with Crippen LogP contribution in [0.2, 0.25) is 0 Å². The first kappa shape index (κ1) is 15.2. The Labute approximate surface area is 121 Å². The number of aromatic nitrogens is 2. The number of aryl methyl sites for hydroxylation is 1. The lowest BCUT2D eigenvalue weighted by Crippen LogP contribution is -2.25. The molecule has 8 heteroatoms. The molecule has 2 heterocycles. The number of nitrogens with one attached hydrogen (secondary N) is 1. The summed E-state index contributed by atoms with van der Waals surface area (Å²) in [6.07, 6.45) is 0.230. The van der Waals surface area contributed by atoms with E-state index in [1.54, 1.807) is 13.0 Å². The van der Waals surface area contributed by atoms with Crippen molar-refractivity contribution in [3.8, 4) is 0 Å². The summed E-state index contributed by atoms with van der Waals surface area (Å²) >= 11 is 0. The highest BCUT2D eigenvalue weighted by molar-refractivity contribution is 5.85. The quantitative estimate of drug-likeness (QED) is 0.760. The number of ether oxygens (including phenoxy) is 2. The van der Waals surface area contributed by atoms with E-state index in [-0.39, 0.29) is 11.9 Å². The second-order valence-corrected chi connectivity index (χ2v) is 4.75. The summed E-state index contributed by atoms with van der Waals surface area (Å²) < 4.78 is 9.96. The smallest absolute Gasteiger partial charge is 0.376 e. The Kier molecular flexibility index (Phi) is 4.69. The molecule has 0 aromatic carbocycles. The zero-order chi connectivity index (χ0) is 15.4. The van der Waals surface area contributed by atoms with E-state index < -0.39 is 18.0 Å². The number of nitrogens with zero attached hydrogens (tertiary/aromatic N) is 2. The molecule has 0 saturated carbocycles. The molecule has 0 spiro atoms. The zero-order valence-electron chi connectivity index (χ0n) is 11.8. The Morgan fingerprint density at radius 2 is 2.24 bits per heavy atom. The third kappa shape index (κ3) is 3.88. The van der Waals surface area contributed by atoms with Crippen LogP contribution in [0, 0.1) is 6.92 Å². The van der Waals surface area contributed by atoms with Crippen LogP contribution in [0.4, 0.5) is 5.82 Å². The van der Waals surface area contributed by atoms with Crippen LogP contribution in [0.5, 0.6) is 0 Å². The SMILES string of the molecule is COC(=O)c1nc(C)cc(NCC2CCC(C(=O)O)O2)n1. The van der Waals surface area contributed by atoms with Gasteiger partial charge in [0.25, 0.3) is 0 Å². The average Bonchev–Trinajstić information content (AvgIpc) is 2.93. The lowest BCUT2D eigenvalue weighted by molar-refractivity contribution is -0.149. The Morgan fingerprint density at radius 1 is 1.48 bits per heavy atom. The molecule has 0 aliphatic carbocycles. The standard InChI is InChI=1S/C13H17N3O5/c1-7-5-10(16-11(15-7)13(19)20-2)14-6-8-3-4-9(21-8)12(17)18/h5,8-9H,3-4,6H2,1-2H3,(H,17,18)(H,14,15,16). The molecule has 2 unspecified atom stereocenters. The van der Waals surface area contributed by atoms with Crippen molar-refractivity contribution >= 4 is 17.8 Å². The van der Waals surface area contributed by atoms with Crippen LogP contribution in [0.3, 0.4) is 0 Å². The maximum Gasteiger partial charge on any atom is 0.376 e. The number of carbonyl (C=O) groups excluding carboxylic acids is 1. The van der Waals surface area contributed by atoms with Gasteiger partial charge in [-0.1, -0.05) is 0 Å². The molecule has 1 aliphatic rings. The normalized spacial score (nSPS) is 21.0. The van der Waals surface area contributed by atoms with Crippen LogP contribution in [0.1, 0.15) is 29.2 Å². The number of hydrogen-bond donors (Lipinski definition) is 2. The second-order valence-electron chi connectivity index (χ2n) is 4.75. The Balaban J connectivity index is 1.96. The Bertz CT molecular complexity index is 549. The van der Waals surface area contributed by atoms with Gasteiger partial charge < -0.3 is 19.9 Å². The highest BCUT2D eigenvalue weighted by atomic mass is 16.5. The molecular weight excluding hydrogens is 278 g/mol. The van der Waals surface area contributed by atoms with Gasteiger partial charge in [-0.3, -0.25) is 0 Å². The predicted octanol–water partition coefficient (Wildman–Crippen LogP) is 0.616. The number of aliphatic carboxylic acids is 1. The van der Waals surface area contributed by atoms with Gasteiger partial charge in [0.15, 0.2) is 6.10 Å². The van der Waals surface area contributed by atoms with Gasteiger partial charge >= 0.3 is 11.9 Å². The van der Waals surface area contributed by atoms with E-state index in [2.05, 4.69) is 20.0 Å². The minimum atomic E-state index is -0.941. The van der Waals surface area contributed by atoms with Crippen molar-refractivity contribution in [2.75, 3.05) is 19.0 Å². The van der Waals surface area contributed by atoms with Gasteiger partial charge in [-0.25, -0.2) is 19.6 Å². The average molecular weight is 295 g/mol. The molecule has 2 atom stereocenters. The maximum absolute atomic E-state index is 11.4. The molecule has 114 valence electrons. The number of carboxylic acids is 1. The number of carbonyl (C=O) groups is 2. The molecule has 1 aromatic rings. The van der Waals surface area contributed by atoms with Gasteiger partial charge in [-0.15, -0.1) is 0 Å². The first-order chi connectivity index (χ1) is 9.99. The van der Waals surface area contributed by atoms with Crippen molar-refractivity contribution in [2.45, 2.75) is 32.0 Å². The number of carboxylic acid groups (broad SMARTS) is 1. The van der Waals surface area contributed by atoms with Crippen LogP contribution in [0.25, 0.3) is 0 Å². The summed E-state index contributed by atoms with van der Waals surface area (Å²) in [5.41, 5.74) is 0.628. The van der Waals surface area contributed by atoms with Crippen LogP contribution in [0.15, 0.2) is 6.07 Å². The van der Waals surface area contributed by atoms with E-state index in [1.807, 2.05) is 0 Å². The highest BCUT2D eigenvalue weighted by Gasteiger charge is 2.30.